The number of benzene rings is 2. The molecule has 0 radical (unpaired) electrons. The van der Waals surface area contributed by atoms with Crippen LogP contribution in [0.3, 0.4) is 0 Å². The molecule has 138 valence electrons. The Kier molecular flexibility index (Phi) is 4.98. The molecule has 0 spiro atoms. The number of hydrogen-bond acceptors (Lipinski definition) is 4. The zero-order chi connectivity index (χ0) is 18.6. The molecule has 1 aliphatic rings. The third-order valence-electron chi connectivity index (χ3n) is 4.75. The van der Waals surface area contributed by atoms with Crippen LogP contribution in [0, 0.1) is 5.82 Å². The maximum Gasteiger partial charge on any atom is 0.221 e. The summed E-state index contributed by atoms with van der Waals surface area (Å²) in [5.41, 5.74) is 1.88. The van der Waals surface area contributed by atoms with E-state index >= 15 is 0 Å². The van der Waals surface area contributed by atoms with Gasteiger partial charge in [0.05, 0.1) is 12.7 Å². The van der Waals surface area contributed by atoms with Gasteiger partial charge in [-0.2, -0.15) is 0 Å². The lowest BCUT2D eigenvalue weighted by Gasteiger charge is -2.28. The zero-order valence-electron chi connectivity index (χ0n) is 14.8. The Morgan fingerprint density at radius 3 is 2.70 bits per heavy atom. The third kappa shape index (κ3) is 4.06. The predicted octanol–water partition coefficient (Wildman–Crippen LogP) is 3.54. The first-order valence-electron chi connectivity index (χ1n) is 8.95. The molecule has 1 atom stereocenters. The van der Waals surface area contributed by atoms with Gasteiger partial charge in [0.1, 0.15) is 5.82 Å². The van der Waals surface area contributed by atoms with Crippen molar-refractivity contribution in [1.29, 1.82) is 0 Å². The summed E-state index contributed by atoms with van der Waals surface area (Å²) in [5.74, 6) is 0.937. The van der Waals surface area contributed by atoms with Crippen molar-refractivity contribution in [3.8, 4) is 11.3 Å². The van der Waals surface area contributed by atoms with Crippen molar-refractivity contribution in [1.82, 2.24) is 15.2 Å². The van der Waals surface area contributed by atoms with Gasteiger partial charge in [0.15, 0.2) is 5.76 Å². The van der Waals surface area contributed by atoms with Crippen molar-refractivity contribution in [2.75, 3.05) is 13.1 Å². The van der Waals surface area contributed by atoms with Crippen molar-refractivity contribution in [2.24, 2.45) is 0 Å². The summed E-state index contributed by atoms with van der Waals surface area (Å²) < 4.78 is 19.0. The highest BCUT2D eigenvalue weighted by molar-refractivity contribution is 5.77. The topological polar surface area (TPSA) is 58.4 Å². The number of hydrogen-bond donors (Lipinski definition) is 1. The lowest BCUT2D eigenvalue weighted by Crippen LogP contribution is -2.30. The molecule has 0 saturated carbocycles. The molecule has 1 unspecified atom stereocenters. The maximum absolute atomic E-state index is 13.1. The molecule has 1 aromatic heterocycles. The van der Waals surface area contributed by atoms with E-state index in [1.165, 1.54) is 12.1 Å². The standard InChI is InChI=1S/C21H20FN3O2/c22-17-8-6-16(7-9-17)19-13-24-21(27-19)14-25-11-10-23-20(26)12-18(25)15-4-2-1-3-5-15/h1-9,13,18H,10-12,14H2,(H,23,26). The Balaban J connectivity index is 1.56. The highest BCUT2D eigenvalue weighted by atomic mass is 19.1. The SMILES string of the molecule is O=C1CC(c2ccccc2)N(Cc2ncc(-c3ccc(F)cc3)o2)CCN1. The second-order valence-corrected chi connectivity index (χ2v) is 6.58. The van der Waals surface area contributed by atoms with E-state index in [1.807, 2.05) is 30.3 Å². The van der Waals surface area contributed by atoms with Gasteiger partial charge in [-0.05, 0) is 29.8 Å². The molecule has 1 amide bonds. The normalized spacial score (nSPS) is 18.1. The summed E-state index contributed by atoms with van der Waals surface area (Å²) in [7, 11) is 0. The van der Waals surface area contributed by atoms with Gasteiger partial charge >= 0.3 is 0 Å². The molecule has 1 fully saturated rings. The van der Waals surface area contributed by atoms with Crippen molar-refractivity contribution in [3.63, 3.8) is 0 Å². The van der Waals surface area contributed by atoms with Gasteiger partial charge in [-0.25, -0.2) is 9.37 Å². The smallest absolute Gasteiger partial charge is 0.221 e. The molecule has 2 heterocycles. The summed E-state index contributed by atoms with van der Waals surface area (Å²) in [6, 6.07) is 16.1. The average molecular weight is 365 g/mol. The summed E-state index contributed by atoms with van der Waals surface area (Å²) in [6.07, 6.45) is 2.05. The molecule has 0 aliphatic carbocycles. The highest BCUT2D eigenvalue weighted by Gasteiger charge is 2.27. The average Bonchev–Trinajstić information content (AvgIpc) is 3.07. The first-order valence-corrected chi connectivity index (χ1v) is 8.95. The molecule has 1 saturated heterocycles. The number of amides is 1. The van der Waals surface area contributed by atoms with Gasteiger partial charge < -0.3 is 9.73 Å². The Morgan fingerprint density at radius 2 is 1.93 bits per heavy atom. The van der Waals surface area contributed by atoms with Gasteiger partial charge in [0.2, 0.25) is 11.8 Å². The lowest BCUT2D eigenvalue weighted by atomic mass is 10.0. The minimum atomic E-state index is -0.286. The van der Waals surface area contributed by atoms with E-state index in [0.29, 0.717) is 37.7 Å². The van der Waals surface area contributed by atoms with Crippen LogP contribution >= 0.6 is 0 Å². The summed E-state index contributed by atoms with van der Waals surface area (Å²) in [4.78, 5) is 18.7. The van der Waals surface area contributed by atoms with E-state index in [1.54, 1.807) is 18.3 Å². The van der Waals surface area contributed by atoms with Crippen LogP contribution in [0.1, 0.15) is 23.9 Å². The van der Waals surface area contributed by atoms with Gasteiger partial charge in [-0.3, -0.25) is 9.69 Å². The Hall–Kier alpha value is -2.99. The molecule has 2 aromatic carbocycles. The number of carbonyl (C=O) groups excluding carboxylic acids is 1. The molecular formula is C21H20FN3O2. The van der Waals surface area contributed by atoms with Crippen LogP contribution in [-0.4, -0.2) is 28.9 Å². The fourth-order valence-corrected chi connectivity index (χ4v) is 3.37. The van der Waals surface area contributed by atoms with Crippen LogP contribution in [0.25, 0.3) is 11.3 Å². The Morgan fingerprint density at radius 1 is 1.15 bits per heavy atom. The van der Waals surface area contributed by atoms with Crippen LogP contribution in [0.2, 0.25) is 0 Å². The number of rotatable bonds is 4. The molecule has 27 heavy (non-hydrogen) atoms. The number of nitrogens with one attached hydrogen (secondary N) is 1. The molecule has 5 nitrogen and oxygen atoms in total. The number of oxazole rings is 1. The minimum absolute atomic E-state index is 0.0325. The fraction of sp³-hybridized carbons (Fsp3) is 0.238. The van der Waals surface area contributed by atoms with Crippen LogP contribution < -0.4 is 5.32 Å². The quantitative estimate of drug-likeness (QED) is 0.768. The second kappa shape index (κ2) is 7.72. The molecule has 6 heteroatoms. The van der Waals surface area contributed by atoms with Crippen molar-refractivity contribution in [2.45, 2.75) is 19.0 Å². The lowest BCUT2D eigenvalue weighted by molar-refractivity contribution is -0.121. The first-order chi connectivity index (χ1) is 13.2. The first kappa shape index (κ1) is 17.4. The summed E-state index contributed by atoms with van der Waals surface area (Å²) >= 11 is 0. The highest BCUT2D eigenvalue weighted by Crippen LogP contribution is 2.28. The van der Waals surface area contributed by atoms with E-state index in [0.717, 1.165) is 11.1 Å². The number of aromatic nitrogens is 1. The van der Waals surface area contributed by atoms with Crippen molar-refractivity contribution in [3.05, 3.63) is 78.1 Å². The van der Waals surface area contributed by atoms with Crippen LogP contribution in [0.15, 0.2) is 65.2 Å². The number of nitrogens with zero attached hydrogens (tertiary/aromatic N) is 2. The van der Waals surface area contributed by atoms with Gasteiger partial charge in [0, 0.05) is 31.1 Å². The van der Waals surface area contributed by atoms with Crippen LogP contribution in [-0.2, 0) is 11.3 Å². The zero-order valence-corrected chi connectivity index (χ0v) is 14.8. The van der Waals surface area contributed by atoms with Gasteiger partial charge in [0.25, 0.3) is 0 Å². The molecule has 1 N–H and O–H groups in total. The van der Waals surface area contributed by atoms with Crippen LogP contribution in [0.4, 0.5) is 4.39 Å². The van der Waals surface area contributed by atoms with E-state index in [9.17, 15) is 9.18 Å². The molecular weight excluding hydrogens is 345 g/mol. The van der Waals surface area contributed by atoms with E-state index in [4.69, 9.17) is 4.42 Å². The third-order valence-corrected chi connectivity index (χ3v) is 4.75. The van der Waals surface area contributed by atoms with E-state index in [2.05, 4.69) is 15.2 Å². The molecule has 3 aromatic rings. The fourth-order valence-electron chi connectivity index (χ4n) is 3.37. The minimum Gasteiger partial charge on any atom is -0.439 e. The van der Waals surface area contributed by atoms with Crippen LogP contribution in [0.5, 0.6) is 0 Å². The van der Waals surface area contributed by atoms with Crippen molar-refractivity contribution < 1.29 is 13.6 Å². The molecule has 4 rings (SSSR count). The Labute approximate surface area is 156 Å². The van der Waals surface area contributed by atoms with Gasteiger partial charge in [-0.15, -0.1) is 0 Å². The van der Waals surface area contributed by atoms with Crippen molar-refractivity contribution >= 4 is 5.91 Å². The monoisotopic (exact) mass is 365 g/mol. The Bertz CT molecular complexity index is 909. The number of halogens is 1. The second-order valence-electron chi connectivity index (χ2n) is 6.58. The summed E-state index contributed by atoms with van der Waals surface area (Å²) in [6.45, 7) is 1.79. The van der Waals surface area contributed by atoms with Gasteiger partial charge in [-0.1, -0.05) is 30.3 Å². The summed E-state index contributed by atoms with van der Waals surface area (Å²) in [5, 5.41) is 2.93. The maximum atomic E-state index is 13.1. The molecule has 1 aliphatic heterocycles. The largest absolute Gasteiger partial charge is 0.439 e. The molecule has 0 bridgehead atoms. The van der Waals surface area contributed by atoms with E-state index in [-0.39, 0.29) is 17.8 Å². The number of carbonyl (C=O) groups is 1. The predicted molar refractivity (Wildman–Crippen MR) is 99.1 cm³/mol. The van der Waals surface area contributed by atoms with E-state index < -0.39 is 0 Å².